The van der Waals surface area contributed by atoms with Crippen molar-refractivity contribution >= 4 is 11.7 Å². The largest absolute Gasteiger partial charge is 0.493 e. The first-order valence-electron chi connectivity index (χ1n) is 10.1. The van der Waals surface area contributed by atoms with Gasteiger partial charge in [-0.05, 0) is 56.5 Å². The van der Waals surface area contributed by atoms with E-state index in [9.17, 15) is 4.79 Å². The number of nitrogens with zero attached hydrogens (tertiary/aromatic N) is 3. The van der Waals surface area contributed by atoms with E-state index < -0.39 is 5.60 Å². The molecular weight excluding hydrogens is 380 g/mol. The SMILES string of the molecule is COC(C)(C)c1ccc2c(c1)C(=O)Nc1cccc(n1)-c1nccn1CCCCO2. The van der Waals surface area contributed by atoms with Crippen molar-refractivity contribution in [2.75, 3.05) is 19.0 Å². The van der Waals surface area contributed by atoms with Gasteiger partial charge in [0.05, 0.1) is 17.8 Å². The Balaban J connectivity index is 1.74. The number of anilines is 1. The maximum Gasteiger partial charge on any atom is 0.260 e. The van der Waals surface area contributed by atoms with Crippen LogP contribution >= 0.6 is 0 Å². The van der Waals surface area contributed by atoms with Crippen molar-refractivity contribution in [1.82, 2.24) is 14.5 Å². The highest BCUT2D eigenvalue weighted by molar-refractivity contribution is 6.06. The number of imidazole rings is 1. The second-order valence-corrected chi connectivity index (χ2v) is 7.79. The van der Waals surface area contributed by atoms with E-state index in [4.69, 9.17) is 9.47 Å². The van der Waals surface area contributed by atoms with Crippen LogP contribution in [0, 0.1) is 0 Å². The zero-order valence-corrected chi connectivity index (χ0v) is 17.5. The van der Waals surface area contributed by atoms with Crippen LogP contribution in [0.2, 0.25) is 0 Å². The molecule has 1 N–H and O–H groups in total. The number of pyridine rings is 1. The Morgan fingerprint density at radius 2 is 2.07 bits per heavy atom. The third-order valence-electron chi connectivity index (χ3n) is 5.42. The van der Waals surface area contributed by atoms with E-state index in [0.29, 0.717) is 23.7 Å². The molecule has 0 atom stereocenters. The predicted molar refractivity (Wildman–Crippen MR) is 115 cm³/mol. The lowest BCUT2D eigenvalue weighted by Gasteiger charge is -2.25. The smallest absolute Gasteiger partial charge is 0.260 e. The molecule has 0 aliphatic carbocycles. The summed E-state index contributed by atoms with van der Waals surface area (Å²) in [6.45, 7) is 5.28. The summed E-state index contributed by atoms with van der Waals surface area (Å²) in [5.41, 5.74) is 1.56. The lowest BCUT2D eigenvalue weighted by molar-refractivity contribution is 0.0191. The number of aromatic nitrogens is 3. The van der Waals surface area contributed by atoms with E-state index in [1.807, 2.05) is 50.4 Å². The van der Waals surface area contributed by atoms with Crippen molar-refractivity contribution in [1.29, 1.82) is 0 Å². The molecular formula is C23H26N4O3. The molecule has 1 amide bonds. The number of ether oxygens (including phenoxy) is 2. The Labute approximate surface area is 176 Å². The summed E-state index contributed by atoms with van der Waals surface area (Å²) in [5, 5.41) is 2.90. The van der Waals surface area contributed by atoms with Crippen molar-refractivity contribution in [3.8, 4) is 17.3 Å². The minimum Gasteiger partial charge on any atom is -0.493 e. The monoisotopic (exact) mass is 406 g/mol. The molecule has 0 unspecified atom stereocenters. The third-order valence-corrected chi connectivity index (χ3v) is 5.42. The number of benzene rings is 1. The van der Waals surface area contributed by atoms with E-state index in [1.165, 1.54) is 0 Å². The van der Waals surface area contributed by atoms with Gasteiger partial charge in [0.1, 0.15) is 17.3 Å². The molecule has 0 radical (unpaired) electrons. The molecule has 7 nitrogen and oxygen atoms in total. The van der Waals surface area contributed by atoms with Gasteiger partial charge in [-0.25, -0.2) is 9.97 Å². The maximum absolute atomic E-state index is 13.2. The van der Waals surface area contributed by atoms with Crippen LogP contribution < -0.4 is 10.1 Å². The molecule has 0 fully saturated rings. The standard InChI is InChI=1S/C23H26N4O3/c1-23(2,29-3)16-9-10-19-17(15-16)22(28)26-20-8-6-7-18(25-20)21-24-11-13-27(21)12-4-5-14-30-19/h6-11,13,15H,4-5,12,14H2,1-3H3,(H,25,26,28). The van der Waals surface area contributed by atoms with Gasteiger partial charge in [0, 0.05) is 26.0 Å². The lowest BCUT2D eigenvalue weighted by Crippen LogP contribution is -2.22. The molecule has 1 aromatic carbocycles. The average molecular weight is 406 g/mol. The number of methoxy groups -OCH3 is 1. The zero-order valence-electron chi connectivity index (χ0n) is 17.5. The number of fused-ring (bicyclic) bond motifs is 5. The summed E-state index contributed by atoms with van der Waals surface area (Å²) in [6, 6.07) is 11.1. The van der Waals surface area contributed by atoms with Crippen molar-refractivity contribution in [3.63, 3.8) is 0 Å². The summed E-state index contributed by atoms with van der Waals surface area (Å²) in [7, 11) is 1.65. The van der Waals surface area contributed by atoms with Crippen LogP contribution in [-0.2, 0) is 16.9 Å². The summed E-state index contributed by atoms with van der Waals surface area (Å²) in [5.74, 6) is 1.53. The summed E-state index contributed by atoms with van der Waals surface area (Å²) >= 11 is 0. The molecule has 3 aromatic rings. The average Bonchev–Trinajstić information content (AvgIpc) is 3.21. The van der Waals surface area contributed by atoms with Gasteiger partial charge in [-0.3, -0.25) is 4.79 Å². The van der Waals surface area contributed by atoms with Crippen LogP contribution in [0.3, 0.4) is 0 Å². The molecule has 30 heavy (non-hydrogen) atoms. The summed E-state index contributed by atoms with van der Waals surface area (Å²) in [4.78, 5) is 22.2. The number of hydrogen-bond donors (Lipinski definition) is 1. The fourth-order valence-electron chi connectivity index (χ4n) is 3.43. The van der Waals surface area contributed by atoms with Gasteiger partial charge >= 0.3 is 0 Å². The fraction of sp³-hybridized carbons (Fsp3) is 0.348. The van der Waals surface area contributed by atoms with Gasteiger partial charge in [-0.15, -0.1) is 0 Å². The molecule has 0 spiro atoms. The Kier molecular flexibility index (Phi) is 5.55. The normalized spacial score (nSPS) is 14.7. The second kappa shape index (κ2) is 8.28. The van der Waals surface area contributed by atoms with Gasteiger partial charge < -0.3 is 19.4 Å². The number of aryl methyl sites for hydroxylation is 1. The number of nitrogens with one attached hydrogen (secondary N) is 1. The molecule has 1 aliphatic rings. The molecule has 3 heterocycles. The predicted octanol–water partition coefficient (Wildman–Crippen LogP) is 4.25. The molecule has 0 saturated heterocycles. The Morgan fingerprint density at radius 3 is 2.90 bits per heavy atom. The minimum atomic E-state index is -0.524. The highest BCUT2D eigenvalue weighted by atomic mass is 16.5. The lowest BCUT2D eigenvalue weighted by atomic mass is 9.95. The van der Waals surface area contributed by atoms with E-state index in [2.05, 4.69) is 19.9 Å². The maximum atomic E-state index is 13.2. The quantitative estimate of drug-likeness (QED) is 0.688. The van der Waals surface area contributed by atoms with Gasteiger partial charge in [0.25, 0.3) is 5.91 Å². The molecule has 2 aromatic heterocycles. The van der Waals surface area contributed by atoms with Crippen LogP contribution in [0.15, 0.2) is 48.8 Å². The summed E-state index contributed by atoms with van der Waals surface area (Å²) < 4.78 is 13.6. The van der Waals surface area contributed by atoms with E-state index in [0.717, 1.165) is 36.5 Å². The van der Waals surface area contributed by atoms with E-state index >= 15 is 0 Å². The minimum absolute atomic E-state index is 0.274. The first kappa shape index (κ1) is 20.1. The highest BCUT2D eigenvalue weighted by Gasteiger charge is 2.23. The van der Waals surface area contributed by atoms with Crippen molar-refractivity contribution in [2.24, 2.45) is 0 Å². The number of carbonyl (C=O) groups is 1. The van der Waals surface area contributed by atoms with Crippen LogP contribution in [0.4, 0.5) is 5.82 Å². The number of hydrogen-bond acceptors (Lipinski definition) is 5. The highest BCUT2D eigenvalue weighted by Crippen LogP contribution is 2.30. The molecule has 2 bridgehead atoms. The molecule has 156 valence electrons. The Morgan fingerprint density at radius 1 is 1.20 bits per heavy atom. The zero-order chi connectivity index (χ0) is 21.1. The van der Waals surface area contributed by atoms with Crippen LogP contribution in [0.5, 0.6) is 5.75 Å². The molecule has 4 rings (SSSR count). The fourth-order valence-corrected chi connectivity index (χ4v) is 3.43. The molecule has 0 saturated carbocycles. The molecule has 7 heteroatoms. The topological polar surface area (TPSA) is 78.3 Å². The van der Waals surface area contributed by atoms with Crippen molar-refractivity contribution < 1.29 is 14.3 Å². The molecule has 1 aliphatic heterocycles. The van der Waals surface area contributed by atoms with E-state index in [-0.39, 0.29) is 5.91 Å². The van der Waals surface area contributed by atoms with Gasteiger partial charge in [0.2, 0.25) is 0 Å². The van der Waals surface area contributed by atoms with Crippen LogP contribution in [0.1, 0.15) is 42.6 Å². The second-order valence-electron chi connectivity index (χ2n) is 7.79. The number of rotatable bonds is 2. The van der Waals surface area contributed by atoms with Crippen LogP contribution in [-0.4, -0.2) is 34.2 Å². The first-order valence-corrected chi connectivity index (χ1v) is 10.1. The number of amides is 1. The van der Waals surface area contributed by atoms with Gasteiger partial charge in [0.15, 0.2) is 5.82 Å². The first-order chi connectivity index (χ1) is 14.5. The number of carbonyl (C=O) groups excluding carboxylic acids is 1. The third kappa shape index (κ3) is 4.07. The van der Waals surface area contributed by atoms with Crippen molar-refractivity contribution in [3.05, 3.63) is 59.9 Å². The van der Waals surface area contributed by atoms with Gasteiger partial charge in [-0.1, -0.05) is 12.1 Å². The Hall–Kier alpha value is -3.19. The van der Waals surface area contributed by atoms with Crippen LogP contribution in [0.25, 0.3) is 11.5 Å². The summed E-state index contributed by atoms with van der Waals surface area (Å²) in [6.07, 6.45) is 5.51. The van der Waals surface area contributed by atoms with Gasteiger partial charge in [-0.2, -0.15) is 0 Å². The Bertz CT molecular complexity index is 1060. The van der Waals surface area contributed by atoms with Crippen molar-refractivity contribution in [2.45, 2.75) is 38.8 Å². The van der Waals surface area contributed by atoms with E-state index in [1.54, 1.807) is 19.4 Å².